The van der Waals surface area contributed by atoms with Gasteiger partial charge in [-0.05, 0) is 88.8 Å². The van der Waals surface area contributed by atoms with Crippen LogP contribution in [0, 0.1) is 6.92 Å². The Morgan fingerprint density at radius 1 is 0.512 bits per heavy atom. The zero-order chi connectivity index (χ0) is 30.1. The van der Waals surface area contributed by atoms with Gasteiger partial charge in [-0.3, -0.25) is 0 Å². The second kappa shape index (κ2) is 11.5. The lowest BCUT2D eigenvalue weighted by molar-refractivity contribution is 0.596. The maximum atomic E-state index is 2.45. The SMILES string of the molecule is CC.Cc1cc2c(c3ccc(N(c4ccccc4)c4ccccc4)cc3n2-c2ccccc2)c2c(C(C)(C)C)cccc12. The van der Waals surface area contributed by atoms with Gasteiger partial charge in [-0.25, -0.2) is 0 Å². The molecule has 43 heavy (non-hydrogen) atoms. The second-order valence-corrected chi connectivity index (χ2v) is 11.9. The van der Waals surface area contributed by atoms with Crippen molar-refractivity contribution in [3.8, 4) is 5.69 Å². The molecule has 6 aromatic carbocycles. The van der Waals surface area contributed by atoms with E-state index in [2.05, 4.69) is 171 Å². The van der Waals surface area contributed by atoms with E-state index in [1.54, 1.807) is 0 Å². The standard InChI is InChI=1S/C39H34N2.C2H6/c1-27-25-36-38(37-32(27)21-14-22-34(37)39(2,3)4)33-24-23-31(26-35(33)41(36)30-19-12-7-13-20-30)40(28-15-8-5-9-16-28)29-17-10-6-11-18-29;1-2/h5-26H,1-4H3;1-2H3. The van der Waals surface area contributed by atoms with Gasteiger partial charge in [0.15, 0.2) is 0 Å². The quantitative estimate of drug-likeness (QED) is 0.208. The molecule has 0 amide bonds. The van der Waals surface area contributed by atoms with Crippen LogP contribution in [0.4, 0.5) is 17.1 Å². The molecule has 0 bridgehead atoms. The summed E-state index contributed by atoms with van der Waals surface area (Å²) in [5, 5.41) is 5.30. The molecule has 0 aliphatic rings. The molecule has 0 unspecified atom stereocenters. The van der Waals surface area contributed by atoms with Gasteiger partial charge in [0.25, 0.3) is 0 Å². The van der Waals surface area contributed by atoms with Crippen LogP contribution in [0.25, 0.3) is 38.3 Å². The first-order valence-corrected chi connectivity index (χ1v) is 15.4. The Kier molecular flexibility index (Phi) is 7.54. The maximum absolute atomic E-state index is 2.45. The van der Waals surface area contributed by atoms with E-state index in [0.717, 1.165) is 17.1 Å². The van der Waals surface area contributed by atoms with E-state index in [-0.39, 0.29) is 5.41 Å². The van der Waals surface area contributed by atoms with Gasteiger partial charge in [0.05, 0.1) is 11.0 Å². The van der Waals surface area contributed by atoms with Crippen LogP contribution < -0.4 is 4.90 Å². The van der Waals surface area contributed by atoms with E-state index in [4.69, 9.17) is 0 Å². The number of nitrogens with zero attached hydrogens (tertiary/aromatic N) is 2. The second-order valence-electron chi connectivity index (χ2n) is 11.9. The number of benzene rings is 6. The molecule has 2 nitrogen and oxygen atoms in total. The third-order valence-electron chi connectivity index (χ3n) is 8.19. The molecule has 0 atom stereocenters. The minimum absolute atomic E-state index is 0.0127. The van der Waals surface area contributed by atoms with Crippen LogP contribution in [-0.2, 0) is 5.41 Å². The first kappa shape index (κ1) is 28.3. The molecule has 0 N–H and O–H groups in total. The number of rotatable bonds is 4. The van der Waals surface area contributed by atoms with Gasteiger partial charge in [-0.2, -0.15) is 0 Å². The highest BCUT2D eigenvalue weighted by molar-refractivity contribution is 6.23. The highest BCUT2D eigenvalue weighted by Crippen LogP contribution is 2.44. The van der Waals surface area contributed by atoms with Gasteiger partial charge < -0.3 is 9.47 Å². The van der Waals surface area contributed by atoms with Crippen LogP contribution in [0.5, 0.6) is 0 Å². The predicted octanol–water partition coefficient (Wildman–Crippen LogP) is 12.0. The molecule has 0 saturated heterocycles. The van der Waals surface area contributed by atoms with E-state index < -0.39 is 0 Å². The van der Waals surface area contributed by atoms with E-state index in [9.17, 15) is 0 Å². The van der Waals surface area contributed by atoms with Gasteiger partial charge >= 0.3 is 0 Å². The number of aryl methyl sites for hydroxylation is 1. The number of hydrogen-bond donors (Lipinski definition) is 0. The molecule has 214 valence electrons. The number of hydrogen-bond acceptors (Lipinski definition) is 1. The van der Waals surface area contributed by atoms with Crippen LogP contribution in [0.2, 0.25) is 0 Å². The first-order chi connectivity index (χ1) is 20.9. The van der Waals surface area contributed by atoms with Crippen LogP contribution in [0.15, 0.2) is 133 Å². The highest BCUT2D eigenvalue weighted by Gasteiger charge is 2.24. The van der Waals surface area contributed by atoms with Crippen LogP contribution in [-0.4, -0.2) is 4.57 Å². The molecule has 0 fully saturated rings. The van der Waals surface area contributed by atoms with Crippen LogP contribution in [0.3, 0.4) is 0 Å². The predicted molar refractivity (Wildman–Crippen MR) is 188 cm³/mol. The van der Waals surface area contributed by atoms with Crippen molar-refractivity contribution in [3.05, 3.63) is 145 Å². The van der Waals surface area contributed by atoms with Crippen LogP contribution >= 0.6 is 0 Å². The van der Waals surface area contributed by atoms with Crippen molar-refractivity contribution in [2.75, 3.05) is 4.90 Å². The van der Waals surface area contributed by atoms with Crippen molar-refractivity contribution in [2.45, 2.75) is 47.0 Å². The third kappa shape index (κ3) is 4.97. The smallest absolute Gasteiger partial charge is 0.0562 e. The summed E-state index contributed by atoms with van der Waals surface area (Å²) in [6.45, 7) is 13.2. The molecule has 0 aliphatic heterocycles. The number of para-hydroxylation sites is 3. The Morgan fingerprint density at radius 3 is 1.67 bits per heavy atom. The normalized spacial score (nSPS) is 11.5. The zero-order valence-electron chi connectivity index (χ0n) is 26.1. The van der Waals surface area contributed by atoms with E-state index >= 15 is 0 Å². The van der Waals surface area contributed by atoms with Gasteiger partial charge in [0, 0.05) is 33.5 Å². The van der Waals surface area contributed by atoms with Gasteiger partial charge in [0.2, 0.25) is 0 Å². The summed E-state index contributed by atoms with van der Waals surface area (Å²) in [4.78, 5) is 2.34. The Hall–Kier alpha value is -4.82. The van der Waals surface area contributed by atoms with E-state index in [0.29, 0.717) is 0 Å². The monoisotopic (exact) mass is 560 g/mol. The van der Waals surface area contributed by atoms with Crippen LogP contribution in [0.1, 0.15) is 45.7 Å². The van der Waals surface area contributed by atoms with Crippen molar-refractivity contribution < 1.29 is 0 Å². The topological polar surface area (TPSA) is 8.17 Å². The number of anilines is 3. The molecule has 1 aromatic heterocycles. The zero-order valence-corrected chi connectivity index (χ0v) is 26.1. The van der Waals surface area contributed by atoms with Crippen molar-refractivity contribution in [3.63, 3.8) is 0 Å². The molecule has 7 rings (SSSR count). The molecule has 0 radical (unpaired) electrons. The fourth-order valence-corrected chi connectivity index (χ4v) is 6.35. The fourth-order valence-electron chi connectivity index (χ4n) is 6.35. The molecular weight excluding hydrogens is 520 g/mol. The molecule has 0 spiro atoms. The van der Waals surface area contributed by atoms with Gasteiger partial charge in [-0.1, -0.05) is 113 Å². The Balaban J connectivity index is 0.00000161. The summed E-state index contributed by atoms with van der Waals surface area (Å²) in [6.07, 6.45) is 0. The average Bonchev–Trinajstić information content (AvgIpc) is 3.36. The summed E-state index contributed by atoms with van der Waals surface area (Å²) in [5.41, 5.74) is 9.72. The average molecular weight is 561 g/mol. The number of aromatic nitrogens is 1. The summed E-state index contributed by atoms with van der Waals surface area (Å²) in [7, 11) is 0. The lowest BCUT2D eigenvalue weighted by atomic mass is 9.82. The fraction of sp³-hybridized carbons (Fsp3) is 0.171. The third-order valence-corrected chi connectivity index (χ3v) is 8.19. The molecule has 2 heteroatoms. The molecule has 0 aliphatic carbocycles. The van der Waals surface area contributed by atoms with Crippen molar-refractivity contribution in [1.82, 2.24) is 4.57 Å². The summed E-state index contributed by atoms with van der Waals surface area (Å²) in [5.74, 6) is 0. The van der Waals surface area contributed by atoms with Crippen molar-refractivity contribution >= 4 is 49.6 Å². The summed E-state index contributed by atoms with van der Waals surface area (Å²) < 4.78 is 2.45. The Labute approximate surface area is 255 Å². The van der Waals surface area contributed by atoms with Gasteiger partial charge in [0.1, 0.15) is 0 Å². The summed E-state index contributed by atoms with van der Waals surface area (Å²) >= 11 is 0. The minimum Gasteiger partial charge on any atom is -0.310 e. The molecular formula is C41H40N2. The van der Waals surface area contributed by atoms with Crippen molar-refractivity contribution in [1.29, 1.82) is 0 Å². The number of fused-ring (bicyclic) bond motifs is 5. The first-order valence-electron chi connectivity index (χ1n) is 15.4. The molecule has 0 saturated carbocycles. The summed E-state index contributed by atoms with van der Waals surface area (Å²) in [6, 6.07) is 48.2. The van der Waals surface area contributed by atoms with Crippen molar-refractivity contribution in [2.24, 2.45) is 0 Å². The Bertz CT molecular complexity index is 1970. The van der Waals surface area contributed by atoms with Gasteiger partial charge in [-0.15, -0.1) is 0 Å². The lowest BCUT2D eigenvalue weighted by Gasteiger charge is -2.25. The maximum Gasteiger partial charge on any atom is 0.0562 e. The lowest BCUT2D eigenvalue weighted by Crippen LogP contribution is -2.11. The van der Waals surface area contributed by atoms with E-state index in [1.165, 1.54) is 49.4 Å². The highest BCUT2D eigenvalue weighted by atomic mass is 15.1. The Morgan fingerprint density at radius 2 is 1.09 bits per heavy atom. The largest absolute Gasteiger partial charge is 0.310 e. The van der Waals surface area contributed by atoms with E-state index in [1.807, 2.05) is 13.8 Å². The minimum atomic E-state index is 0.0127. The molecule has 1 heterocycles. The molecule has 7 aromatic rings.